The quantitative estimate of drug-likeness (QED) is 0.833. The van der Waals surface area contributed by atoms with Gasteiger partial charge in [0.1, 0.15) is 5.82 Å². The number of alkyl halides is 2. The van der Waals surface area contributed by atoms with Crippen LogP contribution >= 0.6 is 0 Å². The fourth-order valence-electron chi connectivity index (χ4n) is 2.37. The molecule has 4 nitrogen and oxygen atoms in total. The molecule has 122 valence electrons. The van der Waals surface area contributed by atoms with E-state index in [9.17, 15) is 18.0 Å². The van der Waals surface area contributed by atoms with E-state index >= 15 is 0 Å². The SMILES string of the molecule is CN(CCNC(=O)C1CC(F)(F)CN1)Cc1ccc(F)cc1. The number of rotatable bonds is 6. The summed E-state index contributed by atoms with van der Waals surface area (Å²) in [5.41, 5.74) is 0.965. The van der Waals surface area contributed by atoms with Gasteiger partial charge in [0.25, 0.3) is 5.92 Å². The van der Waals surface area contributed by atoms with Gasteiger partial charge in [0.05, 0.1) is 12.6 Å². The molecule has 1 amide bonds. The summed E-state index contributed by atoms with van der Waals surface area (Å²) in [4.78, 5) is 13.7. The molecule has 1 unspecified atom stereocenters. The van der Waals surface area contributed by atoms with Crippen molar-refractivity contribution in [1.82, 2.24) is 15.5 Å². The van der Waals surface area contributed by atoms with Gasteiger partial charge in [-0.2, -0.15) is 0 Å². The van der Waals surface area contributed by atoms with Gasteiger partial charge in [-0.25, -0.2) is 13.2 Å². The summed E-state index contributed by atoms with van der Waals surface area (Å²) in [6, 6.07) is 5.38. The smallest absolute Gasteiger partial charge is 0.262 e. The van der Waals surface area contributed by atoms with Gasteiger partial charge in [0.2, 0.25) is 5.91 Å². The second-order valence-electron chi connectivity index (χ2n) is 5.65. The Kier molecular flexibility index (Phi) is 5.42. The first kappa shape index (κ1) is 16.8. The van der Waals surface area contributed by atoms with Crippen LogP contribution in [0.2, 0.25) is 0 Å². The highest BCUT2D eigenvalue weighted by Gasteiger charge is 2.42. The third-order valence-electron chi connectivity index (χ3n) is 3.58. The lowest BCUT2D eigenvalue weighted by Crippen LogP contribution is -2.42. The summed E-state index contributed by atoms with van der Waals surface area (Å²) >= 11 is 0. The van der Waals surface area contributed by atoms with Crippen LogP contribution in [0, 0.1) is 5.82 Å². The lowest BCUT2D eigenvalue weighted by atomic mass is 10.2. The Bertz CT molecular complexity index is 507. The number of halogens is 3. The van der Waals surface area contributed by atoms with Gasteiger partial charge in [-0.05, 0) is 24.7 Å². The van der Waals surface area contributed by atoms with E-state index in [0.717, 1.165) is 5.56 Å². The molecule has 1 aliphatic rings. The monoisotopic (exact) mass is 315 g/mol. The summed E-state index contributed by atoms with van der Waals surface area (Å²) in [5, 5.41) is 5.17. The Labute approximate surface area is 127 Å². The second kappa shape index (κ2) is 7.11. The molecule has 1 fully saturated rings. The highest BCUT2D eigenvalue weighted by Crippen LogP contribution is 2.24. The van der Waals surface area contributed by atoms with Crippen LogP contribution in [-0.4, -0.2) is 49.5 Å². The van der Waals surface area contributed by atoms with Gasteiger partial charge in [-0.15, -0.1) is 0 Å². The maximum Gasteiger partial charge on any atom is 0.262 e. The lowest BCUT2D eigenvalue weighted by molar-refractivity contribution is -0.123. The van der Waals surface area contributed by atoms with E-state index in [1.54, 1.807) is 12.1 Å². The van der Waals surface area contributed by atoms with Gasteiger partial charge in [-0.1, -0.05) is 12.1 Å². The minimum Gasteiger partial charge on any atom is -0.353 e. The van der Waals surface area contributed by atoms with Crippen molar-refractivity contribution >= 4 is 5.91 Å². The van der Waals surface area contributed by atoms with Gasteiger partial charge in [0, 0.05) is 26.1 Å². The van der Waals surface area contributed by atoms with Crippen LogP contribution < -0.4 is 10.6 Å². The molecule has 0 radical (unpaired) electrons. The van der Waals surface area contributed by atoms with E-state index in [1.165, 1.54) is 12.1 Å². The molecule has 0 spiro atoms. The summed E-state index contributed by atoms with van der Waals surface area (Å²) in [6.07, 6.45) is -0.454. The van der Waals surface area contributed by atoms with Crippen molar-refractivity contribution in [3.8, 4) is 0 Å². The van der Waals surface area contributed by atoms with Crippen LogP contribution in [0.4, 0.5) is 13.2 Å². The van der Waals surface area contributed by atoms with E-state index in [4.69, 9.17) is 0 Å². The number of nitrogens with one attached hydrogen (secondary N) is 2. The van der Waals surface area contributed by atoms with E-state index in [-0.39, 0.29) is 5.82 Å². The molecule has 1 aliphatic heterocycles. The predicted octanol–water partition coefficient (Wildman–Crippen LogP) is 1.37. The van der Waals surface area contributed by atoms with Crippen molar-refractivity contribution in [1.29, 1.82) is 0 Å². The Morgan fingerprint density at radius 1 is 1.41 bits per heavy atom. The number of hydrogen-bond donors (Lipinski definition) is 2. The summed E-state index contributed by atoms with van der Waals surface area (Å²) in [6.45, 7) is 1.12. The van der Waals surface area contributed by atoms with Crippen molar-refractivity contribution in [2.45, 2.75) is 24.9 Å². The van der Waals surface area contributed by atoms with E-state index in [1.807, 2.05) is 11.9 Å². The standard InChI is InChI=1S/C15H20F3N3O/c1-21(9-11-2-4-12(16)5-3-11)7-6-19-14(22)13-8-15(17,18)10-20-13/h2-5,13,20H,6-10H2,1H3,(H,19,22). The number of amides is 1. The number of nitrogens with zero attached hydrogens (tertiary/aromatic N) is 1. The first-order valence-electron chi connectivity index (χ1n) is 7.18. The van der Waals surface area contributed by atoms with Crippen LogP contribution in [-0.2, 0) is 11.3 Å². The van der Waals surface area contributed by atoms with Crippen molar-refractivity contribution in [3.05, 3.63) is 35.6 Å². The van der Waals surface area contributed by atoms with Crippen LogP contribution in [0.5, 0.6) is 0 Å². The van der Waals surface area contributed by atoms with Crippen molar-refractivity contribution in [2.24, 2.45) is 0 Å². The molecule has 1 heterocycles. The largest absolute Gasteiger partial charge is 0.353 e. The Balaban J connectivity index is 1.67. The van der Waals surface area contributed by atoms with Gasteiger partial charge in [0.15, 0.2) is 0 Å². The molecule has 1 aromatic carbocycles. The topological polar surface area (TPSA) is 44.4 Å². The molecule has 0 saturated carbocycles. The highest BCUT2D eigenvalue weighted by atomic mass is 19.3. The zero-order valence-corrected chi connectivity index (χ0v) is 12.4. The molecule has 0 aliphatic carbocycles. The number of carbonyl (C=O) groups excluding carboxylic acids is 1. The average Bonchev–Trinajstić information content (AvgIpc) is 2.82. The molecule has 22 heavy (non-hydrogen) atoms. The van der Waals surface area contributed by atoms with Crippen LogP contribution in [0.1, 0.15) is 12.0 Å². The van der Waals surface area contributed by atoms with Gasteiger partial charge >= 0.3 is 0 Å². The molecule has 0 aromatic heterocycles. The van der Waals surface area contributed by atoms with Crippen molar-refractivity contribution in [3.63, 3.8) is 0 Å². The summed E-state index contributed by atoms with van der Waals surface area (Å²) in [7, 11) is 1.87. The van der Waals surface area contributed by atoms with Gasteiger partial charge < -0.3 is 10.2 Å². The molecule has 2 rings (SSSR count). The third kappa shape index (κ3) is 4.99. The number of carbonyl (C=O) groups is 1. The van der Waals surface area contributed by atoms with Crippen LogP contribution in [0.25, 0.3) is 0 Å². The molecule has 0 bridgehead atoms. The van der Waals surface area contributed by atoms with E-state index in [0.29, 0.717) is 19.6 Å². The second-order valence-corrected chi connectivity index (χ2v) is 5.65. The Morgan fingerprint density at radius 2 is 2.09 bits per heavy atom. The lowest BCUT2D eigenvalue weighted by Gasteiger charge is -2.18. The maximum atomic E-state index is 13.0. The number of likely N-dealkylation sites (N-methyl/N-ethyl adjacent to an activating group) is 1. The zero-order valence-electron chi connectivity index (χ0n) is 12.4. The molecule has 7 heteroatoms. The van der Waals surface area contributed by atoms with Gasteiger partial charge in [-0.3, -0.25) is 10.1 Å². The Hall–Kier alpha value is -1.60. The normalized spacial score (nSPS) is 20.3. The maximum absolute atomic E-state index is 13.0. The minimum absolute atomic E-state index is 0.278. The van der Waals surface area contributed by atoms with Crippen molar-refractivity contribution < 1.29 is 18.0 Å². The first-order valence-corrected chi connectivity index (χ1v) is 7.18. The van der Waals surface area contributed by atoms with Crippen LogP contribution in [0.15, 0.2) is 24.3 Å². The molecule has 1 saturated heterocycles. The minimum atomic E-state index is -2.80. The van der Waals surface area contributed by atoms with E-state index in [2.05, 4.69) is 10.6 Å². The fraction of sp³-hybridized carbons (Fsp3) is 0.533. The predicted molar refractivity (Wildman–Crippen MR) is 77.1 cm³/mol. The van der Waals surface area contributed by atoms with Crippen molar-refractivity contribution in [2.75, 3.05) is 26.7 Å². The third-order valence-corrected chi connectivity index (χ3v) is 3.58. The van der Waals surface area contributed by atoms with Crippen LogP contribution in [0.3, 0.4) is 0 Å². The molecular formula is C15H20F3N3O. The van der Waals surface area contributed by atoms with E-state index < -0.39 is 30.8 Å². The number of hydrogen-bond acceptors (Lipinski definition) is 3. The first-order chi connectivity index (χ1) is 10.4. The molecule has 2 N–H and O–H groups in total. The fourth-order valence-corrected chi connectivity index (χ4v) is 2.37. The Morgan fingerprint density at radius 3 is 2.68 bits per heavy atom. The molecular weight excluding hydrogens is 295 g/mol. The molecule has 1 atom stereocenters. The number of benzene rings is 1. The zero-order chi connectivity index (χ0) is 16.2. The average molecular weight is 315 g/mol. The summed E-state index contributed by atoms with van der Waals surface area (Å²) < 4.78 is 38.8. The summed E-state index contributed by atoms with van der Waals surface area (Å²) in [5.74, 6) is -3.48. The molecule has 1 aromatic rings. The highest BCUT2D eigenvalue weighted by molar-refractivity contribution is 5.82.